The predicted octanol–water partition coefficient (Wildman–Crippen LogP) is 3.52. The average molecular weight is 364 g/mol. The van der Waals surface area contributed by atoms with Crippen molar-refractivity contribution in [3.8, 4) is 0 Å². The molecule has 6 heteroatoms. The second kappa shape index (κ2) is 9.59. The summed E-state index contributed by atoms with van der Waals surface area (Å²) >= 11 is 6.04. The Kier molecular flexibility index (Phi) is 7.47. The second-order valence-corrected chi connectivity index (χ2v) is 6.69. The number of hydrogen-bond donors (Lipinski definition) is 1. The maximum atomic E-state index is 12.6. The normalized spacial score (nSPS) is 14.2. The highest BCUT2D eigenvalue weighted by Gasteiger charge is 2.20. The predicted molar refractivity (Wildman–Crippen MR) is 102 cm³/mol. The Labute approximate surface area is 154 Å². The van der Waals surface area contributed by atoms with E-state index in [0.29, 0.717) is 17.3 Å². The number of allylic oxidation sites excluding steroid dienone is 2. The number of nitrogens with zero attached hydrogens (tertiary/aromatic N) is 2. The number of likely N-dealkylation sites (N-methyl/N-ethyl adjacent to an activating group) is 2. The number of amides is 2. The number of nitrogens with one attached hydrogen (secondary N) is 1. The number of carbonyl (C=O) groups is 2. The summed E-state index contributed by atoms with van der Waals surface area (Å²) in [5, 5.41) is 3.27. The van der Waals surface area contributed by atoms with E-state index in [1.165, 1.54) is 6.42 Å². The molecule has 0 fully saturated rings. The molecule has 0 saturated heterocycles. The minimum absolute atomic E-state index is 0.0312. The number of rotatable bonds is 7. The van der Waals surface area contributed by atoms with E-state index in [1.54, 1.807) is 24.1 Å². The fraction of sp³-hybridized carbons (Fsp3) is 0.474. The van der Waals surface area contributed by atoms with Gasteiger partial charge in [-0.2, -0.15) is 0 Å². The molecule has 0 aromatic heterocycles. The lowest BCUT2D eigenvalue weighted by Crippen LogP contribution is -2.41. The summed E-state index contributed by atoms with van der Waals surface area (Å²) < 4.78 is 0. The first-order valence-corrected chi connectivity index (χ1v) is 9.11. The number of benzene rings is 1. The highest BCUT2D eigenvalue weighted by molar-refractivity contribution is 6.33. The van der Waals surface area contributed by atoms with Gasteiger partial charge in [-0.1, -0.05) is 29.8 Å². The molecule has 0 aliphatic heterocycles. The number of carbonyl (C=O) groups excluding carboxylic acids is 2. The smallest absolute Gasteiger partial charge is 0.240 e. The van der Waals surface area contributed by atoms with Gasteiger partial charge in [-0.3, -0.25) is 14.5 Å². The molecule has 0 spiro atoms. The average Bonchev–Trinajstić information content (AvgIpc) is 2.58. The summed E-state index contributed by atoms with van der Waals surface area (Å²) in [7, 11) is 1.77. The molecular formula is C19H26ClN3O2. The quantitative estimate of drug-likeness (QED) is 0.806. The van der Waals surface area contributed by atoms with E-state index in [9.17, 15) is 9.59 Å². The SMILES string of the molecule is CCN(C(=O)CN(C)CC(=O)Nc1ccccc1Cl)C1=CCCCC1. The van der Waals surface area contributed by atoms with Gasteiger partial charge < -0.3 is 10.2 Å². The summed E-state index contributed by atoms with van der Waals surface area (Å²) in [6.45, 7) is 2.98. The van der Waals surface area contributed by atoms with E-state index in [2.05, 4.69) is 11.4 Å². The Bertz CT molecular complexity index is 645. The lowest BCUT2D eigenvalue weighted by Gasteiger charge is -2.28. The minimum atomic E-state index is -0.191. The zero-order valence-corrected chi connectivity index (χ0v) is 15.7. The van der Waals surface area contributed by atoms with Crippen molar-refractivity contribution in [2.45, 2.75) is 32.6 Å². The van der Waals surface area contributed by atoms with Crippen molar-refractivity contribution in [2.24, 2.45) is 0 Å². The number of halogens is 1. The first-order chi connectivity index (χ1) is 12.0. The molecule has 1 aromatic rings. The molecule has 0 saturated carbocycles. The van der Waals surface area contributed by atoms with Gasteiger partial charge in [0.25, 0.3) is 0 Å². The first-order valence-electron chi connectivity index (χ1n) is 8.73. The maximum Gasteiger partial charge on any atom is 0.240 e. The van der Waals surface area contributed by atoms with Crippen molar-refractivity contribution in [1.29, 1.82) is 0 Å². The molecule has 25 heavy (non-hydrogen) atoms. The van der Waals surface area contributed by atoms with E-state index in [1.807, 2.05) is 24.0 Å². The highest BCUT2D eigenvalue weighted by atomic mass is 35.5. The van der Waals surface area contributed by atoms with Crippen LogP contribution >= 0.6 is 11.6 Å². The van der Waals surface area contributed by atoms with Crippen LogP contribution < -0.4 is 5.32 Å². The van der Waals surface area contributed by atoms with Crippen LogP contribution in [0.3, 0.4) is 0 Å². The fourth-order valence-corrected chi connectivity index (χ4v) is 3.16. The molecular weight excluding hydrogens is 338 g/mol. The molecule has 5 nitrogen and oxygen atoms in total. The summed E-state index contributed by atoms with van der Waals surface area (Å²) in [6, 6.07) is 7.09. The van der Waals surface area contributed by atoms with Crippen molar-refractivity contribution < 1.29 is 9.59 Å². The van der Waals surface area contributed by atoms with Gasteiger partial charge in [0.05, 0.1) is 23.8 Å². The second-order valence-electron chi connectivity index (χ2n) is 6.28. The Morgan fingerprint density at radius 1 is 1.20 bits per heavy atom. The van der Waals surface area contributed by atoms with Crippen LogP contribution in [0.5, 0.6) is 0 Å². The molecule has 2 rings (SSSR count). The fourth-order valence-electron chi connectivity index (χ4n) is 2.98. The van der Waals surface area contributed by atoms with Crippen LogP contribution in [0, 0.1) is 0 Å². The molecule has 1 aliphatic carbocycles. The molecule has 136 valence electrons. The van der Waals surface area contributed by atoms with E-state index in [-0.39, 0.29) is 24.9 Å². The molecule has 0 atom stereocenters. The van der Waals surface area contributed by atoms with Crippen LogP contribution in [0.2, 0.25) is 5.02 Å². The van der Waals surface area contributed by atoms with Crippen LogP contribution in [0.15, 0.2) is 36.0 Å². The van der Waals surface area contributed by atoms with E-state index < -0.39 is 0 Å². The summed E-state index contributed by atoms with van der Waals surface area (Å²) in [4.78, 5) is 28.3. The van der Waals surface area contributed by atoms with Crippen LogP contribution in [0.4, 0.5) is 5.69 Å². The van der Waals surface area contributed by atoms with Gasteiger partial charge in [-0.25, -0.2) is 0 Å². The largest absolute Gasteiger partial charge is 0.324 e. The lowest BCUT2D eigenvalue weighted by atomic mass is 10.0. The van der Waals surface area contributed by atoms with Crippen LogP contribution in [0.25, 0.3) is 0 Å². The van der Waals surface area contributed by atoms with E-state index in [0.717, 1.165) is 25.0 Å². The monoisotopic (exact) mass is 363 g/mol. The molecule has 1 N–H and O–H groups in total. The molecule has 1 aromatic carbocycles. The van der Waals surface area contributed by atoms with Gasteiger partial charge in [0, 0.05) is 12.2 Å². The van der Waals surface area contributed by atoms with Crippen molar-refractivity contribution >= 4 is 29.1 Å². The van der Waals surface area contributed by atoms with Gasteiger partial charge in [0.2, 0.25) is 11.8 Å². The molecule has 0 radical (unpaired) electrons. The van der Waals surface area contributed by atoms with Gasteiger partial charge in [0.15, 0.2) is 0 Å². The Morgan fingerprint density at radius 3 is 2.60 bits per heavy atom. The third-order valence-electron chi connectivity index (χ3n) is 4.20. The minimum Gasteiger partial charge on any atom is -0.324 e. The lowest BCUT2D eigenvalue weighted by molar-refractivity contribution is -0.130. The summed E-state index contributed by atoms with van der Waals surface area (Å²) in [6.07, 6.45) is 6.48. The number of hydrogen-bond acceptors (Lipinski definition) is 3. The standard InChI is InChI=1S/C19H26ClN3O2/c1-3-23(15-9-5-4-6-10-15)19(25)14-22(2)13-18(24)21-17-12-8-7-11-16(17)20/h7-9,11-12H,3-6,10,13-14H2,1-2H3,(H,21,24). The van der Waals surface area contributed by atoms with Crippen molar-refractivity contribution in [3.05, 3.63) is 41.1 Å². The van der Waals surface area contributed by atoms with Gasteiger partial charge in [0.1, 0.15) is 0 Å². The molecule has 1 aliphatic rings. The zero-order valence-electron chi connectivity index (χ0n) is 14.9. The van der Waals surface area contributed by atoms with Crippen LogP contribution in [-0.2, 0) is 9.59 Å². The highest BCUT2D eigenvalue weighted by Crippen LogP contribution is 2.21. The van der Waals surface area contributed by atoms with E-state index in [4.69, 9.17) is 11.6 Å². The molecule has 2 amide bonds. The van der Waals surface area contributed by atoms with Crippen molar-refractivity contribution in [2.75, 3.05) is 32.0 Å². The zero-order chi connectivity index (χ0) is 18.2. The van der Waals surface area contributed by atoms with Crippen LogP contribution in [0.1, 0.15) is 32.6 Å². The first kappa shape index (κ1) is 19.5. The van der Waals surface area contributed by atoms with Crippen LogP contribution in [-0.4, -0.2) is 48.3 Å². The maximum absolute atomic E-state index is 12.6. The third kappa shape index (κ3) is 5.87. The number of para-hydroxylation sites is 1. The molecule has 0 bridgehead atoms. The molecule has 0 unspecified atom stereocenters. The molecule has 0 heterocycles. The Hall–Kier alpha value is -1.85. The summed E-state index contributed by atoms with van der Waals surface area (Å²) in [5.74, 6) is -0.160. The number of anilines is 1. The summed E-state index contributed by atoms with van der Waals surface area (Å²) in [5.41, 5.74) is 1.70. The van der Waals surface area contributed by atoms with E-state index >= 15 is 0 Å². The van der Waals surface area contributed by atoms with Gasteiger partial charge >= 0.3 is 0 Å². The van der Waals surface area contributed by atoms with Crippen molar-refractivity contribution in [1.82, 2.24) is 9.80 Å². The Balaban J connectivity index is 1.86. The van der Waals surface area contributed by atoms with Gasteiger partial charge in [-0.15, -0.1) is 0 Å². The van der Waals surface area contributed by atoms with Crippen molar-refractivity contribution in [3.63, 3.8) is 0 Å². The third-order valence-corrected chi connectivity index (χ3v) is 4.53. The topological polar surface area (TPSA) is 52.7 Å². The van der Waals surface area contributed by atoms with Gasteiger partial charge in [-0.05, 0) is 51.8 Å². The Morgan fingerprint density at radius 2 is 1.96 bits per heavy atom.